The second kappa shape index (κ2) is 6.58. The molecule has 2 aromatic rings. The molecule has 132 valence electrons. The lowest BCUT2D eigenvalue weighted by molar-refractivity contribution is 0.0981. The van der Waals surface area contributed by atoms with Crippen LogP contribution in [-0.4, -0.2) is 40.1 Å². The first-order valence-corrected chi connectivity index (χ1v) is 10.5. The quantitative estimate of drug-likeness (QED) is 0.840. The van der Waals surface area contributed by atoms with Gasteiger partial charge in [-0.15, -0.1) is 0 Å². The SMILES string of the molecule is O=C(NS(=O)(=O)c1cccc(S(=O)(=O)N2CCC2)c1)c1ccccc1. The zero-order valence-corrected chi connectivity index (χ0v) is 14.8. The minimum Gasteiger partial charge on any atom is -0.268 e. The van der Waals surface area contributed by atoms with Gasteiger partial charge in [0.25, 0.3) is 15.9 Å². The molecule has 1 aliphatic heterocycles. The van der Waals surface area contributed by atoms with Crippen LogP contribution in [0.5, 0.6) is 0 Å². The third kappa shape index (κ3) is 3.58. The van der Waals surface area contributed by atoms with Gasteiger partial charge in [0.2, 0.25) is 10.0 Å². The lowest BCUT2D eigenvalue weighted by atomic mass is 10.2. The normalized spacial score (nSPS) is 15.4. The van der Waals surface area contributed by atoms with Gasteiger partial charge in [0.15, 0.2) is 0 Å². The molecule has 25 heavy (non-hydrogen) atoms. The predicted octanol–water partition coefficient (Wildman–Crippen LogP) is 1.20. The largest absolute Gasteiger partial charge is 0.268 e. The monoisotopic (exact) mass is 380 g/mol. The van der Waals surface area contributed by atoms with Crippen molar-refractivity contribution in [3.63, 3.8) is 0 Å². The van der Waals surface area contributed by atoms with E-state index < -0.39 is 26.0 Å². The number of hydrogen-bond acceptors (Lipinski definition) is 5. The summed E-state index contributed by atoms with van der Waals surface area (Å²) >= 11 is 0. The molecule has 7 nitrogen and oxygen atoms in total. The van der Waals surface area contributed by atoms with Crippen molar-refractivity contribution >= 4 is 26.0 Å². The molecular formula is C16H16N2O5S2. The summed E-state index contributed by atoms with van der Waals surface area (Å²) in [6, 6.07) is 12.9. The summed E-state index contributed by atoms with van der Waals surface area (Å²) in [6.45, 7) is 0.841. The summed E-state index contributed by atoms with van der Waals surface area (Å²) in [7, 11) is -7.90. The molecule has 1 amide bonds. The van der Waals surface area contributed by atoms with Gasteiger partial charge in [0, 0.05) is 18.7 Å². The summed E-state index contributed by atoms with van der Waals surface area (Å²) in [5, 5.41) is 0. The highest BCUT2D eigenvalue weighted by Gasteiger charge is 2.30. The van der Waals surface area contributed by atoms with Crippen LogP contribution in [0.3, 0.4) is 0 Å². The predicted molar refractivity (Wildman–Crippen MR) is 90.9 cm³/mol. The van der Waals surface area contributed by atoms with Gasteiger partial charge in [-0.25, -0.2) is 21.6 Å². The van der Waals surface area contributed by atoms with E-state index in [0.717, 1.165) is 12.5 Å². The molecule has 0 aliphatic carbocycles. The number of nitrogens with one attached hydrogen (secondary N) is 1. The fourth-order valence-corrected chi connectivity index (χ4v) is 4.97. The molecule has 1 aliphatic rings. The van der Waals surface area contributed by atoms with Gasteiger partial charge in [-0.1, -0.05) is 24.3 Å². The van der Waals surface area contributed by atoms with Crippen molar-refractivity contribution in [1.82, 2.24) is 9.03 Å². The first kappa shape index (κ1) is 17.6. The van der Waals surface area contributed by atoms with Crippen LogP contribution < -0.4 is 4.72 Å². The highest BCUT2D eigenvalue weighted by atomic mass is 32.2. The Labute approximate surface area is 146 Å². The second-order valence-electron chi connectivity index (χ2n) is 5.53. The number of carbonyl (C=O) groups is 1. The summed E-state index contributed by atoms with van der Waals surface area (Å²) in [6.07, 6.45) is 0.782. The van der Waals surface area contributed by atoms with Gasteiger partial charge < -0.3 is 0 Å². The first-order valence-electron chi connectivity index (χ1n) is 7.53. The van der Waals surface area contributed by atoms with Crippen LogP contribution in [0.4, 0.5) is 0 Å². The molecule has 1 heterocycles. The van der Waals surface area contributed by atoms with Crippen molar-refractivity contribution in [2.24, 2.45) is 0 Å². The zero-order valence-electron chi connectivity index (χ0n) is 13.1. The standard InChI is InChI=1S/C16H16N2O5S2/c19-16(13-6-2-1-3-7-13)17-24(20,21)14-8-4-9-15(12-14)25(22,23)18-10-5-11-18/h1-4,6-9,12H,5,10-11H2,(H,17,19). The molecule has 2 aromatic carbocycles. The maximum Gasteiger partial charge on any atom is 0.264 e. The van der Waals surface area contributed by atoms with Crippen LogP contribution in [0.2, 0.25) is 0 Å². The van der Waals surface area contributed by atoms with Crippen molar-refractivity contribution in [2.75, 3.05) is 13.1 Å². The van der Waals surface area contributed by atoms with E-state index in [9.17, 15) is 21.6 Å². The van der Waals surface area contributed by atoms with Gasteiger partial charge >= 0.3 is 0 Å². The third-order valence-corrected chi connectivity index (χ3v) is 7.05. The Bertz CT molecular complexity index is 998. The lowest BCUT2D eigenvalue weighted by Gasteiger charge is -2.29. The minimum absolute atomic E-state index is 0.109. The molecule has 0 spiro atoms. The van der Waals surface area contributed by atoms with Gasteiger partial charge in [-0.3, -0.25) is 4.79 Å². The number of benzene rings is 2. The third-order valence-electron chi connectivity index (χ3n) is 3.83. The topological polar surface area (TPSA) is 101 Å². The van der Waals surface area contributed by atoms with E-state index in [1.54, 1.807) is 18.2 Å². The number of amides is 1. The number of nitrogens with zero attached hydrogens (tertiary/aromatic N) is 1. The average molecular weight is 380 g/mol. The highest BCUT2D eigenvalue weighted by molar-refractivity contribution is 7.90. The van der Waals surface area contributed by atoms with Gasteiger partial charge in [0.05, 0.1) is 9.79 Å². The molecule has 0 aromatic heterocycles. The van der Waals surface area contributed by atoms with Crippen molar-refractivity contribution in [3.8, 4) is 0 Å². The van der Waals surface area contributed by atoms with E-state index in [4.69, 9.17) is 0 Å². The fraction of sp³-hybridized carbons (Fsp3) is 0.188. The van der Waals surface area contributed by atoms with Crippen molar-refractivity contribution < 1.29 is 21.6 Å². The molecule has 0 unspecified atom stereocenters. The van der Waals surface area contributed by atoms with Crippen molar-refractivity contribution in [3.05, 3.63) is 60.2 Å². The van der Waals surface area contributed by atoms with Gasteiger partial charge in [-0.05, 0) is 36.8 Å². The van der Waals surface area contributed by atoms with E-state index in [-0.39, 0.29) is 15.4 Å². The van der Waals surface area contributed by atoms with Crippen molar-refractivity contribution in [2.45, 2.75) is 16.2 Å². The zero-order chi connectivity index (χ0) is 18.1. The highest BCUT2D eigenvalue weighted by Crippen LogP contribution is 2.23. The molecule has 9 heteroatoms. The molecule has 0 radical (unpaired) electrons. The Balaban J connectivity index is 1.88. The summed E-state index contributed by atoms with van der Waals surface area (Å²) in [5.41, 5.74) is 0.190. The molecule has 0 atom stereocenters. The van der Waals surface area contributed by atoms with E-state index in [1.165, 1.54) is 34.6 Å². The maximum atomic E-state index is 12.4. The molecule has 0 bridgehead atoms. The molecule has 1 N–H and O–H groups in total. The van der Waals surface area contributed by atoms with Crippen LogP contribution in [-0.2, 0) is 20.0 Å². The number of carbonyl (C=O) groups excluding carboxylic acids is 1. The Kier molecular flexibility index (Phi) is 4.63. The minimum atomic E-state index is -4.19. The van der Waals surface area contributed by atoms with E-state index in [2.05, 4.69) is 0 Å². The Morgan fingerprint density at radius 3 is 2.12 bits per heavy atom. The van der Waals surface area contributed by atoms with Crippen LogP contribution >= 0.6 is 0 Å². The molecule has 0 saturated carbocycles. The van der Waals surface area contributed by atoms with Gasteiger partial charge in [0.1, 0.15) is 0 Å². The van der Waals surface area contributed by atoms with E-state index in [1.807, 2.05) is 4.72 Å². The average Bonchev–Trinajstić information content (AvgIpc) is 2.53. The van der Waals surface area contributed by atoms with Gasteiger partial charge in [-0.2, -0.15) is 4.31 Å². The summed E-state index contributed by atoms with van der Waals surface area (Å²) in [5.74, 6) is -0.781. The number of rotatable bonds is 5. The Morgan fingerprint density at radius 1 is 0.880 bits per heavy atom. The van der Waals surface area contributed by atoms with E-state index >= 15 is 0 Å². The number of hydrogen-bond donors (Lipinski definition) is 1. The molecule has 1 fully saturated rings. The summed E-state index contributed by atoms with van der Waals surface area (Å²) < 4.78 is 52.8. The maximum absolute atomic E-state index is 12.4. The first-order chi connectivity index (χ1) is 11.8. The lowest BCUT2D eigenvalue weighted by Crippen LogP contribution is -2.42. The van der Waals surface area contributed by atoms with Crippen LogP contribution in [0.1, 0.15) is 16.8 Å². The van der Waals surface area contributed by atoms with Crippen molar-refractivity contribution in [1.29, 1.82) is 0 Å². The smallest absolute Gasteiger partial charge is 0.264 e. The van der Waals surface area contributed by atoms with Crippen LogP contribution in [0.25, 0.3) is 0 Å². The fourth-order valence-electron chi connectivity index (χ4n) is 2.31. The molecule has 1 saturated heterocycles. The second-order valence-corrected chi connectivity index (χ2v) is 9.15. The molecular weight excluding hydrogens is 364 g/mol. The molecule has 3 rings (SSSR count). The van der Waals surface area contributed by atoms with Crippen LogP contribution in [0.15, 0.2) is 64.4 Å². The summed E-state index contributed by atoms with van der Waals surface area (Å²) in [4.78, 5) is 11.7. The van der Waals surface area contributed by atoms with Crippen LogP contribution in [0, 0.1) is 0 Å². The Morgan fingerprint density at radius 2 is 1.52 bits per heavy atom. The van der Waals surface area contributed by atoms with E-state index in [0.29, 0.717) is 13.1 Å². The number of sulfonamides is 2. The Hall–Kier alpha value is -2.23.